The number of nitriles is 1. The molecule has 0 fully saturated rings. The summed E-state index contributed by atoms with van der Waals surface area (Å²) < 4.78 is 26.8. The molecule has 0 aliphatic carbocycles. The quantitative estimate of drug-likeness (QED) is 0.816. The van der Waals surface area contributed by atoms with E-state index in [9.17, 15) is 8.42 Å². The van der Waals surface area contributed by atoms with Crippen LogP contribution in [-0.4, -0.2) is 13.4 Å². The van der Waals surface area contributed by atoms with Gasteiger partial charge < -0.3 is 5.73 Å². The lowest BCUT2D eigenvalue weighted by Gasteiger charge is -2.08. The third kappa shape index (κ3) is 3.12. The first-order chi connectivity index (χ1) is 9.53. The van der Waals surface area contributed by atoms with Crippen LogP contribution in [-0.2, 0) is 16.6 Å². The Kier molecular flexibility index (Phi) is 3.98. The van der Waals surface area contributed by atoms with E-state index in [0.717, 1.165) is 5.56 Å². The Morgan fingerprint density at radius 3 is 2.60 bits per heavy atom. The van der Waals surface area contributed by atoms with E-state index in [1.165, 1.54) is 18.2 Å². The van der Waals surface area contributed by atoms with Gasteiger partial charge in [-0.2, -0.15) is 5.26 Å². The number of pyridine rings is 1. The highest BCUT2D eigenvalue weighted by Crippen LogP contribution is 2.18. The SMILES string of the molecule is N#Cc1cc(N)ccc1S(=O)(=O)NCc1ccncc1. The molecule has 0 radical (unpaired) electrons. The Labute approximate surface area is 116 Å². The lowest BCUT2D eigenvalue weighted by atomic mass is 10.2. The van der Waals surface area contributed by atoms with Crippen LogP contribution < -0.4 is 10.5 Å². The van der Waals surface area contributed by atoms with Crippen molar-refractivity contribution in [2.45, 2.75) is 11.4 Å². The number of hydrogen-bond acceptors (Lipinski definition) is 5. The van der Waals surface area contributed by atoms with Gasteiger partial charge >= 0.3 is 0 Å². The van der Waals surface area contributed by atoms with Gasteiger partial charge in [0.15, 0.2) is 0 Å². The summed E-state index contributed by atoms with van der Waals surface area (Å²) in [4.78, 5) is 3.77. The smallest absolute Gasteiger partial charge is 0.242 e. The zero-order valence-electron chi connectivity index (χ0n) is 10.4. The van der Waals surface area contributed by atoms with Crippen molar-refractivity contribution in [2.24, 2.45) is 0 Å². The fourth-order valence-electron chi connectivity index (χ4n) is 1.63. The number of nitrogen functional groups attached to an aromatic ring is 1. The third-order valence-corrected chi connectivity index (χ3v) is 4.09. The average molecular weight is 288 g/mol. The molecular formula is C13H12N4O2S. The maximum atomic E-state index is 12.2. The Bertz CT molecular complexity index is 752. The zero-order valence-corrected chi connectivity index (χ0v) is 11.3. The van der Waals surface area contributed by atoms with E-state index >= 15 is 0 Å². The molecule has 2 aromatic rings. The Hall–Kier alpha value is -2.43. The summed E-state index contributed by atoms with van der Waals surface area (Å²) >= 11 is 0. The maximum absolute atomic E-state index is 12.2. The van der Waals surface area contributed by atoms with Gasteiger partial charge in [-0.15, -0.1) is 0 Å². The van der Waals surface area contributed by atoms with E-state index in [0.29, 0.717) is 5.69 Å². The lowest BCUT2D eigenvalue weighted by molar-refractivity contribution is 0.581. The number of benzene rings is 1. The summed E-state index contributed by atoms with van der Waals surface area (Å²) in [5.74, 6) is 0. The van der Waals surface area contributed by atoms with Gasteiger partial charge in [-0.05, 0) is 35.9 Å². The fourth-order valence-corrected chi connectivity index (χ4v) is 2.78. The Morgan fingerprint density at radius 1 is 1.25 bits per heavy atom. The van der Waals surface area contributed by atoms with Gasteiger partial charge in [0.05, 0.1) is 10.5 Å². The van der Waals surface area contributed by atoms with E-state index < -0.39 is 10.0 Å². The number of rotatable bonds is 4. The van der Waals surface area contributed by atoms with E-state index in [2.05, 4.69) is 9.71 Å². The van der Waals surface area contributed by atoms with Crippen molar-refractivity contribution in [1.82, 2.24) is 9.71 Å². The van der Waals surface area contributed by atoms with Crippen LogP contribution in [0.1, 0.15) is 11.1 Å². The van der Waals surface area contributed by atoms with Gasteiger partial charge in [0, 0.05) is 24.6 Å². The first-order valence-electron chi connectivity index (χ1n) is 5.71. The number of nitrogens with one attached hydrogen (secondary N) is 1. The molecule has 3 N–H and O–H groups in total. The molecule has 6 nitrogen and oxygen atoms in total. The summed E-state index contributed by atoms with van der Waals surface area (Å²) in [5, 5.41) is 8.99. The molecule has 0 saturated heterocycles. The van der Waals surface area contributed by atoms with Crippen molar-refractivity contribution in [3.05, 3.63) is 53.9 Å². The highest BCUT2D eigenvalue weighted by molar-refractivity contribution is 7.89. The van der Waals surface area contributed by atoms with Crippen LogP contribution in [0.2, 0.25) is 0 Å². The number of anilines is 1. The van der Waals surface area contributed by atoms with Gasteiger partial charge in [0.2, 0.25) is 10.0 Å². The Morgan fingerprint density at radius 2 is 1.95 bits per heavy atom. The van der Waals surface area contributed by atoms with Crippen LogP contribution in [0.3, 0.4) is 0 Å². The largest absolute Gasteiger partial charge is 0.399 e. The third-order valence-electron chi connectivity index (χ3n) is 2.63. The van der Waals surface area contributed by atoms with Crippen LogP contribution in [0.15, 0.2) is 47.6 Å². The first kappa shape index (κ1) is 14.0. The van der Waals surface area contributed by atoms with Crippen molar-refractivity contribution >= 4 is 15.7 Å². The minimum atomic E-state index is -3.77. The molecule has 1 heterocycles. The summed E-state index contributed by atoms with van der Waals surface area (Å²) in [7, 11) is -3.77. The lowest BCUT2D eigenvalue weighted by Crippen LogP contribution is -2.24. The van der Waals surface area contributed by atoms with Crippen LogP contribution in [0, 0.1) is 11.3 Å². The van der Waals surface area contributed by atoms with E-state index in [1.807, 2.05) is 6.07 Å². The zero-order chi connectivity index (χ0) is 14.6. The molecule has 1 aromatic heterocycles. The van der Waals surface area contributed by atoms with Crippen molar-refractivity contribution in [1.29, 1.82) is 5.26 Å². The average Bonchev–Trinajstić information content (AvgIpc) is 2.46. The Balaban J connectivity index is 2.25. The molecule has 0 amide bonds. The molecule has 0 bridgehead atoms. The predicted octanol–water partition coefficient (Wildman–Crippen LogP) is 1.01. The minimum Gasteiger partial charge on any atom is -0.399 e. The highest BCUT2D eigenvalue weighted by Gasteiger charge is 2.18. The van der Waals surface area contributed by atoms with Gasteiger partial charge in [0.25, 0.3) is 0 Å². The molecule has 1 aromatic carbocycles. The molecule has 20 heavy (non-hydrogen) atoms. The van der Waals surface area contributed by atoms with Gasteiger partial charge in [0.1, 0.15) is 6.07 Å². The highest BCUT2D eigenvalue weighted by atomic mass is 32.2. The maximum Gasteiger partial charge on any atom is 0.242 e. The van der Waals surface area contributed by atoms with Gasteiger partial charge in [-0.1, -0.05) is 0 Å². The molecular weight excluding hydrogens is 276 g/mol. The second kappa shape index (κ2) is 5.69. The number of sulfonamides is 1. The van der Waals surface area contributed by atoms with Crippen LogP contribution in [0.5, 0.6) is 0 Å². The standard InChI is InChI=1S/C13H12N4O2S/c14-8-11-7-12(15)1-2-13(11)20(18,19)17-9-10-3-5-16-6-4-10/h1-7,17H,9,15H2. The van der Waals surface area contributed by atoms with Crippen molar-refractivity contribution in [3.8, 4) is 6.07 Å². The van der Waals surface area contributed by atoms with E-state index in [1.54, 1.807) is 24.5 Å². The predicted molar refractivity (Wildman–Crippen MR) is 73.8 cm³/mol. The molecule has 0 aliphatic heterocycles. The van der Waals surface area contributed by atoms with E-state index in [-0.39, 0.29) is 17.0 Å². The van der Waals surface area contributed by atoms with Crippen LogP contribution in [0.25, 0.3) is 0 Å². The normalized spacial score (nSPS) is 10.9. The first-order valence-corrected chi connectivity index (χ1v) is 7.19. The molecule has 0 atom stereocenters. The number of nitrogens with two attached hydrogens (primary N) is 1. The van der Waals surface area contributed by atoms with Gasteiger partial charge in [-0.25, -0.2) is 13.1 Å². The second-order valence-corrected chi connectivity index (χ2v) is 5.78. The monoisotopic (exact) mass is 288 g/mol. The minimum absolute atomic E-state index is 0.0206. The van der Waals surface area contributed by atoms with Gasteiger partial charge in [-0.3, -0.25) is 4.98 Å². The number of aromatic nitrogens is 1. The van der Waals surface area contributed by atoms with Crippen LogP contribution in [0.4, 0.5) is 5.69 Å². The molecule has 7 heteroatoms. The van der Waals surface area contributed by atoms with Crippen molar-refractivity contribution in [2.75, 3.05) is 5.73 Å². The summed E-state index contributed by atoms with van der Waals surface area (Å²) in [6, 6.07) is 9.34. The molecule has 102 valence electrons. The molecule has 0 spiro atoms. The van der Waals surface area contributed by atoms with Crippen molar-refractivity contribution < 1.29 is 8.42 Å². The van der Waals surface area contributed by atoms with Crippen molar-refractivity contribution in [3.63, 3.8) is 0 Å². The topological polar surface area (TPSA) is 109 Å². The molecule has 0 unspecified atom stereocenters. The summed E-state index contributed by atoms with van der Waals surface area (Å²) in [6.07, 6.45) is 3.15. The molecule has 0 saturated carbocycles. The fraction of sp³-hybridized carbons (Fsp3) is 0.0769. The molecule has 0 aliphatic rings. The summed E-state index contributed by atoms with van der Waals surface area (Å²) in [6.45, 7) is 0.125. The number of hydrogen-bond donors (Lipinski definition) is 2. The second-order valence-electron chi connectivity index (χ2n) is 4.05. The molecule has 2 rings (SSSR count). The summed E-state index contributed by atoms with van der Waals surface area (Å²) in [5.41, 5.74) is 6.68. The van der Waals surface area contributed by atoms with E-state index in [4.69, 9.17) is 11.0 Å². The number of nitrogens with zero attached hydrogens (tertiary/aromatic N) is 2. The van der Waals surface area contributed by atoms with Crippen LogP contribution >= 0.6 is 0 Å².